The van der Waals surface area contributed by atoms with E-state index in [2.05, 4.69) is 10.4 Å². The van der Waals surface area contributed by atoms with Gasteiger partial charge in [0.1, 0.15) is 6.54 Å². The normalized spacial score (nSPS) is 17.5. The van der Waals surface area contributed by atoms with Gasteiger partial charge in [0.25, 0.3) is 0 Å². The standard InChI is InChI=1S/C23H21ClF3N3O5/c1-3-35-21(33)22(20(32)34-2)13-30(29-19(22)14-4-8-16(24)9-5-14)12-18(31)28-17-10-6-15(7-11-17)23(25,26)27/h4-11H,3,12-13H2,1-2H3,(H,28,31). The summed E-state index contributed by atoms with van der Waals surface area (Å²) in [6.07, 6.45) is -4.50. The van der Waals surface area contributed by atoms with Crippen LogP contribution >= 0.6 is 11.6 Å². The number of hydrogen-bond acceptors (Lipinski definition) is 7. The number of halogens is 4. The fourth-order valence-electron chi connectivity index (χ4n) is 3.56. The summed E-state index contributed by atoms with van der Waals surface area (Å²) in [5, 5.41) is 8.41. The fraction of sp³-hybridized carbons (Fsp3) is 0.304. The van der Waals surface area contributed by atoms with Crippen molar-refractivity contribution in [1.82, 2.24) is 5.01 Å². The zero-order chi connectivity index (χ0) is 25.8. The van der Waals surface area contributed by atoms with Crippen molar-refractivity contribution < 1.29 is 37.0 Å². The van der Waals surface area contributed by atoms with E-state index in [0.29, 0.717) is 10.6 Å². The molecule has 12 heteroatoms. The minimum atomic E-state index is -4.50. The Bertz CT molecular complexity index is 1140. The Balaban J connectivity index is 1.88. The summed E-state index contributed by atoms with van der Waals surface area (Å²) in [5.41, 5.74) is -2.29. The van der Waals surface area contributed by atoms with Crippen molar-refractivity contribution in [3.05, 3.63) is 64.7 Å². The maximum atomic E-state index is 13.0. The third kappa shape index (κ3) is 5.56. The molecule has 3 rings (SSSR count). The molecule has 1 amide bonds. The van der Waals surface area contributed by atoms with Gasteiger partial charge in [-0.1, -0.05) is 23.7 Å². The molecule has 1 atom stereocenters. The number of amides is 1. The van der Waals surface area contributed by atoms with E-state index in [-0.39, 0.29) is 24.6 Å². The van der Waals surface area contributed by atoms with E-state index < -0.39 is 41.5 Å². The van der Waals surface area contributed by atoms with Crippen LogP contribution in [0.25, 0.3) is 0 Å². The monoisotopic (exact) mass is 511 g/mol. The van der Waals surface area contributed by atoms with Crippen LogP contribution in [0.1, 0.15) is 18.1 Å². The maximum absolute atomic E-state index is 13.0. The van der Waals surface area contributed by atoms with E-state index in [0.717, 1.165) is 31.4 Å². The summed E-state index contributed by atoms with van der Waals surface area (Å²) >= 11 is 5.95. The minimum absolute atomic E-state index is 0.0140. The van der Waals surface area contributed by atoms with E-state index in [1.807, 2.05) is 0 Å². The van der Waals surface area contributed by atoms with Crippen LogP contribution in [0.5, 0.6) is 0 Å². The first-order chi connectivity index (χ1) is 16.5. The second-order valence-electron chi connectivity index (χ2n) is 7.52. The molecule has 8 nitrogen and oxygen atoms in total. The topological polar surface area (TPSA) is 97.3 Å². The Kier molecular flexibility index (Phi) is 7.69. The number of hydrogen-bond donors (Lipinski definition) is 1. The molecular weight excluding hydrogens is 491 g/mol. The number of anilines is 1. The van der Waals surface area contributed by atoms with Crippen LogP contribution in [0.3, 0.4) is 0 Å². The smallest absolute Gasteiger partial charge is 0.416 e. The SMILES string of the molecule is CCOC(=O)C1(C(=O)OC)CN(CC(=O)Nc2ccc(C(F)(F)F)cc2)N=C1c1ccc(Cl)cc1. The quantitative estimate of drug-likeness (QED) is 0.449. The van der Waals surface area contributed by atoms with Crippen molar-refractivity contribution in [2.45, 2.75) is 13.1 Å². The van der Waals surface area contributed by atoms with Crippen LogP contribution in [-0.2, 0) is 30.0 Å². The summed E-state index contributed by atoms with van der Waals surface area (Å²) in [6.45, 7) is 0.805. The van der Waals surface area contributed by atoms with E-state index in [1.165, 1.54) is 5.01 Å². The summed E-state index contributed by atoms with van der Waals surface area (Å²) in [4.78, 5) is 38.5. The van der Waals surface area contributed by atoms with Crippen LogP contribution < -0.4 is 5.32 Å². The first-order valence-corrected chi connectivity index (χ1v) is 10.7. The highest BCUT2D eigenvalue weighted by molar-refractivity contribution is 6.31. The van der Waals surface area contributed by atoms with Gasteiger partial charge in [-0.15, -0.1) is 0 Å². The van der Waals surface area contributed by atoms with E-state index in [1.54, 1.807) is 31.2 Å². The zero-order valence-corrected chi connectivity index (χ0v) is 19.4. The van der Waals surface area contributed by atoms with Gasteiger partial charge < -0.3 is 14.8 Å². The summed E-state index contributed by atoms with van der Waals surface area (Å²) in [6, 6.07) is 10.1. The van der Waals surface area contributed by atoms with E-state index >= 15 is 0 Å². The summed E-state index contributed by atoms with van der Waals surface area (Å²) in [7, 11) is 1.11. The Labute approximate surface area is 203 Å². The highest BCUT2D eigenvalue weighted by atomic mass is 35.5. The number of carbonyl (C=O) groups excluding carboxylic acids is 3. The molecule has 1 aliphatic rings. The molecule has 0 saturated heterocycles. The van der Waals surface area contributed by atoms with E-state index in [4.69, 9.17) is 21.1 Å². The molecule has 0 spiro atoms. The molecule has 1 aliphatic heterocycles. The van der Waals surface area contributed by atoms with Gasteiger partial charge in [-0.3, -0.25) is 19.4 Å². The molecule has 2 aromatic rings. The van der Waals surface area contributed by atoms with Crippen LogP contribution in [0.15, 0.2) is 53.6 Å². The molecule has 0 fully saturated rings. The second kappa shape index (κ2) is 10.3. The molecule has 35 heavy (non-hydrogen) atoms. The lowest BCUT2D eigenvalue weighted by atomic mass is 9.80. The largest absolute Gasteiger partial charge is 0.468 e. The van der Waals surface area contributed by atoms with Crippen LogP contribution in [-0.4, -0.2) is 55.4 Å². The van der Waals surface area contributed by atoms with Gasteiger partial charge in [-0.05, 0) is 48.9 Å². The predicted molar refractivity (Wildman–Crippen MR) is 121 cm³/mol. The summed E-state index contributed by atoms with van der Waals surface area (Å²) < 4.78 is 48.3. The number of ether oxygens (including phenoxy) is 2. The number of esters is 2. The van der Waals surface area contributed by atoms with Gasteiger partial charge >= 0.3 is 18.1 Å². The number of alkyl halides is 3. The molecule has 1 N–H and O–H groups in total. The average molecular weight is 512 g/mol. The lowest BCUT2D eigenvalue weighted by Crippen LogP contribution is -2.50. The zero-order valence-electron chi connectivity index (χ0n) is 18.7. The lowest BCUT2D eigenvalue weighted by molar-refractivity contribution is -0.165. The molecule has 0 saturated carbocycles. The molecule has 0 aromatic heterocycles. The van der Waals surface area contributed by atoms with Crippen molar-refractivity contribution >= 4 is 40.8 Å². The molecular formula is C23H21ClF3N3O5. The van der Waals surface area contributed by atoms with Gasteiger partial charge in [0, 0.05) is 10.7 Å². The minimum Gasteiger partial charge on any atom is -0.468 e. The lowest BCUT2D eigenvalue weighted by Gasteiger charge is -2.26. The highest BCUT2D eigenvalue weighted by Gasteiger charge is 2.58. The van der Waals surface area contributed by atoms with Gasteiger partial charge in [-0.2, -0.15) is 18.3 Å². The summed E-state index contributed by atoms with van der Waals surface area (Å²) in [5.74, 6) is -2.45. The van der Waals surface area contributed by atoms with E-state index in [9.17, 15) is 27.6 Å². The first-order valence-electron chi connectivity index (χ1n) is 10.3. The fourth-order valence-corrected chi connectivity index (χ4v) is 3.68. The molecule has 2 aromatic carbocycles. The van der Waals surface area contributed by atoms with Crippen molar-refractivity contribution in [2.24, 2.45) is 10.5 Å². The average Bonchev–Trinajstić information content (AvgIpc) is 3.19. The molecule has 1 heterocycles. The van der Waals surface area contributed by atoms with Crippen molar-refractivity contribution in [3.63, 3.8) is 0 Å². The molecule has 1 unspecified atom stereocenters. The Hall–Kier alpha value is -3.60. The molecule has 0 bridgehead atoms. The van der Waals surface area contributed by atoms with Crippen molar-refractivity contribution in [1.29, 1.82) is 0 Å². The number of nitrogens with one attached hydrogen (secondary N) is 1. The maximum Gasteiger partial charge on any atom is 0.416 e. The van der Waals surface area contributed by atoms with Gasteiger partial charge in [0.05, 0.1) is 31.5 Å². The third-order valence-electron chi connectivity index (χ3n) is 5.16. The molecule has 0 radical (unpaired) electrons. The Morgan fingerprint density at radius 2 is 1.71 bits per heavy atom. The van der Waals surface area contributed by atoms with Crippen molar-refractivity contribution in [3.8, 4) is 0 Å². The number of carbonyl (C=O) groups is 3. The van der Waals surface area contributed by atoms with Crippen LogP contribution in [0.2, 0.25) is 5.02 Å². The van der Waals surface area contributed by atoms with Gasteiger partial charge in [0.15, 0.2) is 0 Å². The van der Waals surface area contributed by atoms with Crippen LogP contribution in [0.4, 0.5) is 18.9 Å². The predicted octanol–water partition coefficient (Wildman–Crippen LogP) is 3.74. The third-order valence-corrected chi connectivity index (χ3v) is 5.41. The van der Waals surface area contributed by atoms with Crippen molar-refractivity contribution in [2.75, 3.05) is 32.1 Å². The first kappa shape index (κ1) is 26.0. The highest BCUT2D eigenvalue weighted by Crippen LogP contribution is 2.35. The van der Waals surface area contributed by atoms with Crippen LogP contribution in [0, 0.1) is 5.41 Å². The Morgan fingerprint density at radius 1 is 1.09 bits per heavy atom. The Morgan fingerprint density at radius 3 is 2.26 bits per heavy atom. The van der Waals surface area contributed by atoms with Gasteiger partial charge in [0.2, 0.25) is 11.3 Å². The molecule has 0 aliphatic carbocycles. The number of methoxy groups -OCH3 is 1. The number of nitrogens with zero attached hydrogens (tertiary/aromatic N) is 2. The molecule has 186 valence electrons. The van der Waals surface area contributed by atoms with Gasteiger partial charge in [-0.25, -0.2) is 0 Å². The number of hydrazone groups is 1. The second-order valence-corrected chi connectivity index (χ2v) is 7.96. The number of rotatable bonds is 7. The number of benzene rings is 2.